The van der Waals surface area contributed by atoms with E-state index in [0.717, 1.165) is 12.1 Å². The van der Waals surface area contributed by atoms with Gasteiger partial charge in [-0.3, -0.25) is 0 Å². The van der Waals surface area contributed by atoms with Crippen LogP contribution in [-0.2, 0) is 9.53 Å². The van der Waals surface area contributed by atoms with Gasteiger partial charge in [0.25, 0.3) is 0 Å². The first-order valence-corrected chi connectivity index (χ1v) is 5.48. The monoisotopic (exact) mass is 313 g/mol. The fourth-order valence-corrected chi connectivity index (χ4v) is 1.44. The van der Waals surface area contributed by atoms with Crippen LogP contribution in [0.25, 0.3) is 0 Å². The molecule has 0 fully saturated rings. The number of hydrogen-bond acceptors (Lipinski definition) is 4. The van der Waals surface area contributed by atoms with Gasteiger partial charge in [0.2, 0.25) is 0 Å². The largest absolute Gasteiger partial charge is 0.494 e. The summed E-state index contributed by atoms with van der Waals surface area (Å²) >= 11 is 0. The Morgan fingerprint density at radius 3 is 2.50 bits per heavy atom. The van der Waals surface area contributed by atoms with Crippen LogP contribution in [0, 0.1) is 5.82 Å². The second kappa shape index (κ2) is 7.35. The predicted octanol–water partition coefficient (Wildman–Crippen LogP) is 2.45. The molecule has 0 saturated heterocycles. The second-order valence-corrected chi connectivity index (χ2v) is 3.72. The minimum absolute atomic E-state index is 0. The SMILES string of the molecule is CCOC(=O)C(F)(F)[C@@H](N)c1ccc(OC)c(F)c1.Cl. The van der Waals surface area contributed by atoms with Crippen molar-refractivity contribution < 1.29 is 27.4 Å². The fourth-order valence-electron chi connectivity index (χ4n) is 1.44. The third-order valence-corrected chi connectivity index (χ3v) is 2.47. The highest BCUT2D eigenvalue weighted by molar-refractivity contribution is 5.85. The molecule has 0 aliphatic heterocycles. The van der Waals surface area contributed by atoms with E-state index in [0.29, 0.717) is 0 Å². The van der Waals surface area contributed by atoms with Gasteiger partial charge in [0, 0.05) is 0 Å². The molecule has 0 unspecified atom stereocenters. The molecule has 0 saturated carbocycles. The van der Waals surface area contributed by atoms with Gasteiger partial charge in [-0.05, 0) is 24.6 Å². The van der Waals surface area contributed by atoms with Crippen LogP contribution < -0.4 is 10.5 Å². The molecule has 1 rings (SSSR count). The number of alkyl halides is 2. The molecule has 0 aromatic heterocycles. The molecule has 0 bridgehead atoms. The highest BCUT2D eigenvalue weighted by Crippen LogP contribution is 2.32. The number of hydrogen-bond donors (Lipinski definition) is 1. The van der Waals surface area contributed by atoms with Crippen molar-refractivity contribution in [2.45, 2.75) is 18.9 Å². The Hall–Kier alpha value is -1.47. The van der Waals surface area contributed by atoms with Crippen molar-refractivity contribution in [3.8, 4) is 5.75 Å². The summed E-state index contributed by atoms with van der Waals surface area (Å²) in [5, 5.41) is 0. The maximum atomic E-state index is 13.6. The zero-order valence-electron chi connectivity index (χ0n) is 10.9. The Morgan fingerprint density at radius 1 is 1.45 bits per heavy atom. The molecular formula is C12H15ClF3NO3. The quantitative estimate of drug-likeness (QED) is 0.848. The van der Waals surface area contributed by atoms with E-state index < -0.39 is 23.8 Å². The lowest BCUT2D eigenvalue weighted by atomic mass is 10.0. The summed E-state index contributed by atoms with van der Waals surface area (Å²) in [6.07, 6.45) is 0. The average Bonchev–Trinajstić information content (AvgIpc) is 2.37. The van der Waals surface area contributed by atoms with E-state index >= 15 is 0 Å². The molecule has 2 N–H and O–H groups in total. The smallest absolute Gasteiger partial charge is 0.379 e. The van der Waals surface area contributed by atoms with Crippen LogP contribution in [0.3, 0.4) is 0 Å². The summed E-state index contributed by atoms with van der Waals surface area (Å²) in [6.45, 7) is 1.20. The number of benzene rings is 1. The van der Waals surface area contributed by atoms with Crippen molar-refractivity contribution in [3.05, 3.63) is 29.6 Å². The van der Waals surface area contributed by atoms with Crippen molar-refractivity contribution in [2.75, 3.05) is 13.7 Å². The van der Waals surface area contributed by atoms with Crippen LogP contribution in [0.1, 0.15) is 18.5 Å². The maximum absolute atomic E-state index is 13.6. The Balaban J connectivity index is 0.00000361. The summed E-state index contributed by atoms with van der Waals surface area (Å²) in [5.74, 6) is -6.61. The molecule has 4 nitrogen and oxygen atoms in total. The number of ether oxygens (including phenoxy) is 2. The van der Waals surface area contributed by atoms with E-state index in [4.69, 9.17) is 5.73 Å². The van der Waals surface area contributed by atoms with E-state index in [-0.39, 0.29) is 30.3 Å². The van der Waals surface area contributed by atoms with Gasteiger partial charge in [-0.1, -0.05) is 6.07 Å². The minimum Gasteiger partial charge on any atom is -0.494 e. The Kier molecular flexibility index (Phi) is 6.81. The van der Waals surface area contributed by atoms with Gasteiger partial charge in [-0.25, -0.2) is 9.18 Å². The Labute approximate surface area is 120 Å². The molecule has 0 spiro atoms. The molecule has 1 atom stereocenters. The first-order chi connectivity index (χ1) is 8.84. The van der Waals surface area contributed by atoms with Gasteiger partial charge in [0.05, 0.1) is 13.7 Å². The van der Waals surface area contributed by atoms with Crippen LogP contribution in [0.5, 0.6) is 5.75 Å². The Bertz CT molecular complexity index is 471. The summed E-state index contributed by atoms with van der Waals surface area (Å²) in [6, 6.07) is 1.13. The standard InChI is InChI=1S/C12H14F3NO3.ClH/c1-3-19-11(17)12(14,15)10(16)7-4-5-9(18-2)8(13)6-7;/h4-6,10H,3,16H2,1-2H3;1H/t10-;/m0./s1. The summed E-state index contributed by atoms with van der Waals surface area (Å²) < 4.78 is 49.6. The molecule has 0 heterocycles. The van der Waals surface area contributed by atoms with Gasteiger partial charge < -0.3 is 15.2 Å². The molecule has 0 radical (unpaired) electrons. The van der Waals surface area contributed by atoms with Gasteiger partial charge >= 0.3 is 11.9 Å². The van der Waals surface area contributed by atoms with Crippen molar-refractivity contribution in [1.82, 2.24) is 0 Å². The fraction of sp³-hybridized carbons (Fsp3) is 0.417. The topological polar surface area (TPSA) is 61.5 Å². The third kappa shape index (κ3) is 3.77. The highest BCUT2D eigenvalue weighted by atomic mass is 35.5. The van der Waals surface area contributed by atoms with E-state index in [9.17, 15) is 18.0 Å². The third-order valence-electron chi connectivity index (χ3n) is 2.47. The Morgan fingerprint density at radius 2 is 2.05 bits per heavy atom. The van der Waals surface area contributed by atoms with Crippen LogP contribution in [0.15, 0.2) is 18.2 Å². The maximum Gasteiger partial charge on any atom is 0.379 e. The molecule has 0 amide bonds. The molecular weight excluding hydrogens is 299 g/mol. The lowest BCUT2D eigenvalue weighted by Gasteiger charge is -2.22. The first kappa shape index (κ1) is 18.5. The number of halogens is 4. The zero-order valence-corrected chi connectivity index (χ0v) is 11.7. The normalized spacial score (nSPS) is 12.3. The van der Waals surface area contributed by atoms with Crippen molar-refractivity contribution in [1.29, 1.82) is 0 Å². The van der Waals surface area contributed by atoms with Crippen LogP contribution in [0.2, 0.25) is 0 Å². The predicted molar refractivity (Wildman–Crippen MR) is 68.7 cm³/mol. The minimum atomic E-state index is -3.93. The molecule has 0 aliphatic carbocycles. The highest BCUT2D eigenvalue weighted by Gasteiger charge is 2.47. The van der Waals surface area contributed by atoms with Crippen LogP contribution in [0.4, 0.5) is 13.2 Å². The second-order valence-electron chi connectivity index (χ2n) is 3.72. The summed E-state index contributed by atoms with van der Waals surface area (Å²) in [5.41, 5.74) is 5.08. The molecule has 1 aromatic rings. The van der Waals surface area contributed by atoms with Gasteiger partial charge in [-0.15, -0.1) is 12.4 Å². The van der Waals surface area contributed by atoms with E-state index in [2.05, 4.69) is 9.47 Å². The molecule has 8 heteroatoms. The number of methoxy groups -OCH3 is 1. The van der Waals surface area contributed by atoms with E-state index in [1.807, 2.05) is 0 Å². The van der Waals surface area contributed by atoms with E-state index in [1.54, 1.807) is 0 Å². The number of nitrogens with two attached hydrogens (primary N) is 1. The molecule has 114 valence electrons. The average molecular weight is 314 g/mol. The number of rotatable bonds is 5. The summed E-state index contributed by atoms with van der Waals surface area (Å²) in [4.78, 5) is 11.1. The first-order valence-electron chi connectivity index (χ1n) is 5.48. The molecule has 0 aliphatic rings. The van der Waals surface area contributed by atoms with Crippen LogP contribution in [-0.4, -0.2) is 25.6 Å². The lowest BCUT2D eigenvalue weighted by molar-refractivity contribution is -0.174. The zero-order chi connectivity index (χ0) is 14.6. The van der Waals surface area contributed by atoms with Gasteiger partial charge in [0.1, 0.15) is 6.04 Å². The van der Waals surface area contributed by atoms with Gasteiger partial charge in [-0.2, -0.15) is 8.78 Å². The lowest BCUT2D eigenvalue weighted by Crippen LogP contribution is -2.41. The molecule has 20 heavy (non-hydrogen) atoms. The van der Waals surface area contributed by atoms with Crippen LogP contribution >= 0.6 is 12.4 Å². The van der Waals surface area contributed by atoms with Crippen molar-refractivity contribution in [3.63, 3.8) is 0 Å². The number of carbonyl (C=O) groups excluding carboxylic acids is 1. The van der Waals surface area contributed by atoms with Crippen molar-refractivity contribution in [2.24, 2.45) is 5.73 Å². The summed E-state index contributed by atoms with van der Waals surface area (Å²) in [7, 11) is 1.24. The van der Waals surface area contributed by atoms with Gasteiger partial charge in [0.15, 0.2) is 11.6 Å². The number of esters is 1. The molecule has 1 aromatic carbocycles. The van der Waals surface area contributed by atoms with E-state index in [1.165, 1.54) is 20.1 Å². The number of carbonyl (C=O) groups is 1. The van der Waals surface area contributed by atoms with Crippen molar-refractivity contribution >= 4 is 18.4 Å².